The Morgan fingerprint density at radius 2 is 1.86 bits per heavy atom. The fourth-order valence-corrected chi connectivity index (χ4v) is 3.14. The summed E-state index contributed by atoms with van der Waals surface area (Å²) < 4.78 is 23.6. The minimum atomic E-state index is -3.32. The molecule has 0 bridgehead atoms. The average Bonchev–Trinajstić information content (AvgIpc) is 2.45. The van der Waals surface area contributed by atoms with Crippen LogP contribution in [0, 0.1) is 0 Å². The molecule has 0 saturated carbocycles. The van der Waals surface area contributed by atoms with Crippen molar-refractivity contribution in [3.63, 3.8) is 0 Å². The maximum absolute atomic E-state index is 11.9. The van der Waals surface area contributed by atoms with E-state index in [4.69, 9.17) is 0 Å². The molecule has 1 fully saturated rings. The largest absolute Gasteiger partial charge is 0.352 e. The van der Waals surface area contributed by atoms with Crippen molar-refractivity contribution in [3.05, 3.63) is 18.3 Å². The van der Waals surface area contributed by atoms with E-state index < -0.39 is 9.84 Å². The maximum atomic E-state index is 11.9. The third kappa shape index (κ3) is 3.44. The third-order valence-electron chi connectivity index (χ3n) is 3.38. The predicted octanol–water partition coefficient (Wildman–Crippen LogP) is 0.289. The van der Waals surface area contributed by atoms with Crippen LogP contribution in [-0.4, -0.2) is 75.8 Å². The maximum Gasteiger partial charge on any atom is 0.319 e. The van der Waals surface area contributed by atoms with Gasteiger partial charge in [0.1, 0.15) is 10.7 Å². The number of aromatic nitrogens is 1. The van der Waals surface area contributed by atoms with Gasteiger partial charge in [-0.1, -0.05) is 0 Å². The molecule has 1 aliphatic heterocycles. The Labute approximate surface area is 125 Å². The van der Waals surface area contributed by atoms with Gasteiger partial charge >= 0.3 is 6.03 Å². The first-order valence-electron chi connectivity index (χ1n) is 6.67. The SMILES string of the molecule is CN(C)C(=O)N1CCN(c2ncccc2S(C)(=O)=O)CC1. The summed E-state index contributed by atoms with van der Waals surface area (Å²) in [6, 6.07) is 3.15. The standard InChI is InChI=1S/C13H20N4O3S/c1-15(2)13(18)17-9-7-16(8-10-17)12-11(21(3,19)20)5-4-6-14-12/h4-6H,7-10H2,1-3H3. The molecule has 1 aromatic rings. The fraction of sp³-hybridized carbons (Fsp3) is 0.538. The summed E-state index contributed by atoms with van der Waals surface area (Å²) in [4.78, 5) is 21.5. The molecular weight excluding hydrogens is 292 g/mol. The van der Waals surface area contributed by atoms with E-state index in [1.54, 1.807) is 42.2 Å². The van der Waals surface area contributed by atoms with Crippen molar-refractivity contribution in [2.75, 3.05) is 51.4 Å². The van der Waals surface area contributed by atoms with E-state index in [1.165, 1.54) is 6.26 Å². The van der Waals surface area contributed by atoms with Crippen molar-refractivity contribution in [1.29, 1.82) is 0 Å². The van der Waals surface area contributed by atoms with Gasteiger partial charge in [0.25, 0.3) is 0 Å². The van der Waals surface area contributed by atoms with Crippen molar-refractivity contribution in [2.24, 2.45) is 0 Å². The lowest BCUT2D eigenvalue weighted by atomic mass is 10.3. The second-order valence-electron chi connectivity index (χ2n) is 5.25. The lowest BCUT2D eigenvalue weighted by Crippen LogP contribution is -2.51. The van der Waals surface area contributed by atoms with Gasteiger partial charge in [-0.2, -0.15) is 0 Å². The molecular formula is C13H20N4O3S. The number of rotatable bonds is 2. The van der Waals surface area contributed by atoms with Gasteiger partial charge in [-0.05, 0) is 12.1 Å². The molecule has 2 heterocycles. The number of hydrogen-bond donors (Lipinski definition) is 0. The Morgan fingerprint density at radius 1 is 1.24 bits per heavy atom. The molecule has 0 unspecified atom stereocenters. The number of urea groups is 1. The monoisotopic (exact) mass is 312 g/mol. The highest BCUT2D eigenvalue weighted by Gasteiger charge is 2.26. The van der Waals surface area contributed by atoms with E-state index in [9.17, 15) is 13.2 Å². The second kappa shape index (κ2) is 5.88. The average molecular weight is 312 g/mol. The quantitative estimate of drug-likeness (QED) is 0.785. The van der Waals surface area contributed by atoms with Crippen LogP contribution in [0.2, 0.25) is 0 Å². The highest BCUT2D eigenvalue weighted by Crippen LogP contribution is 2.23. The molecule has 2 rings (SSSR count). The van der Waals surface area contributed by atoms with Crippen LogP contribution in [0.5, 0.6) is 0 Å². The molecule has 0 aromatic carbocycles. The Bertz CT molecular complexity index is 622. The van der Waals surface area contributed by atoms with Crippen molar-refractivity contribution < 1.29 is 13.2 Å². The van der Waals surface area contributed by atoms with E-state index in [0.717, 1.165) is 0 Å². The number of hydrogen-bond acceptors (Lipinski definition) is 5. The van der Waals surface area contributed by atoms with Crippen LogP contribution in [0.4, 0.5) is 10.6 Å². The van der Waals surface area contributed by atoms with Crippen molar-refractivity contribution >= 4 is 21.7 Å². The summed E-state index contributed by atoms with van der Waals surface area (Å²) in [6.07, 6.45) is 2.76. The van der Waals surface area contributed by atoms with Gasteiger partial charge in [0.05, 0.1) is 0 Å². The summed E-state index contributed by atoms with van der Waals surface area (Å²) in [5.74, 6) is 0.469. The van der Waals surface area contributed by atoms with Crippen LogP contribution >= 0.6 is 0 Å². The zero-order valence-electron chi connectivity index (χ0n) is 12.5. The van der Waals surface area contributed by atoms with Gasteiger partial charge in [0.15, 0.2) is 9.84 Å². The molecule has 21 heavy (non-hydrogen) atoms. The van der Waals surface area contributed by atoms with Crippen molar-refractivity contribution in [1.82, 2.24) is 14.8 Å². The Morgan fingerprint density at radius 3 is 2.38 bits per heavy atom. The summed E-state index contributed by atoms with van der Waals surface area (Å²) in [5, 5.41) is 0. The van der Waals surface area contributed by atoms with Crippen molar-refractivity contribution in [3.8, 4) is 0 Å². The lowest BCUT2D eigenvalue weighted by Gasteiger charge is -2.37. The first-order valence-corrected chi connectivity index (χ1v) is 8.56. The third-order valence-corrected chi connectivity index (χ3v) is 4.50. The van der Waals surface area contributed by atoms with Gasteiger partial charge in [-0.25, -0.2) is 18.2 Å². The molecule has 1 aliphatic rings. The van der Waals surface area contributed by atoms with Crippen LogP contribution in [0.1, 0.15) is 0 Å². The van der Waals surface area contributed by atoms with E-state index in [-0.39, 0.29) is 10.9 Å². The first kappa shape index (κ1) is 15.6. The van der Waals surface area contributed by atoms with Gasteiger partial charge < -0.3 is 14.7 Å². The number of anilines is 1. The van der Waals surface area contributed by atoms with Gasteiger partial charge in [-0.3, -0.25) is 0 Å². The number of carbonyl (C=O) groups excluding carboxylic acids is 1. The summed E-state index contributed by atoms with van der Waals surface area (Å²) in [5.41, 5.74) is 0. The van der Waals surface area contributed by atoms with Gasteiger partial charge in [-0.15, -0.1) is 0 Å². The number of amides is 2. The zero-order chi connectivity index (χ0) is 15.6. The number of piperazine rings is 1. The highest BCUT2D eigenvalue weighted by molar-refractivity contribution is 7.90. The minimum absolute atomic E-state index is 0.0287. The topological polar surface area (TPSA) is 73.8 Å². The lowest BCUT2D eigenvalue weighted by molar-refractivity contribution is 0.167. The van der Waals surface area contributed by atoms with Crippen LogP contribution < -0.4 is 4.90 Å². The van der Waals surface area contributed by atoms with E-state index in [0.29, 0.717) is 32.0 Å². The van der Waals surface area contributed by atoms with E-state index >= 15 is 0 Å². The summed E-state index contributed by atoms with van der Waals surface area (Å²) >= 11 is 0. The van der Waals surface area contributed by atoms with Crippen LogP contribution in [-0.2, 0) is 9.84 Å². The smallest absolute Gasteiger partial charge is 0.319 e. The number of carbonyl (C=O) groups is 1. The zero-order valence-corrected chi connectivity index (χ0v) is 13.3. The summed E-state index contributed by atoms with van der Waals surface area (Å²) in [6.45, 7) is 2.24. The Hall–Kier alpha value is -1.83. The molecule has 8 heteroatoms. The molecule has 116 valence electrons. The number of sulfone groups is 1. The number of pyridine rings is 1. The molecule has 0 N–H and O–H groups in total. The first-order chi connectivity index (χ1) is 9.80. The predicted molar refractivity (Wildman–Crippen MR) is 80.2 cm³/mol. The van der Waals surface area contributed by atoms with E-state index in [1.807, 2.05) is 4.90 Å². The Balaban J connectivity index is 2.15. The molecule has 1 aromatic heterocycles. The Kier molecular flexibility index (Phi) is 4.36. The van der Waals surface area contributed by atoms with Gasteiger partial charge in [0.2, 0.25) is 0 Å². The number of nitrogens with zero attached hydrogens (tertiary/aromatic N) is 4. The van der Waals surface area contributed by atoms with Crippen LogP contribution in [0.3, 0.4) is 0 Å². The van der Waals surface area contributed by atoms with Gasteiger partial charge in [0, 0.05) is 52.7 Å². The molecule has 2 amide bonds. The van der Waals surface area contributed by atoms with E-state index in [2.05, 4.69) is 4.98 Å². The molecule has 7 nitrogen and oxygen atoms in total. The summed E-state index contributed by atoms with van der Waals surface area (Å²) in [7, 11) is 0.116. The van der Waals surface area contributed by atoms with Crippen LogP contribution in [0.15, 0.2) is 23.2 Å². The molecule has 1 saturated heterocycles. The molecule has 0 spiro atoms. The minimum Gasteiger partial charge on any atom is -0.352 e. The molecule has 0 atom stereocenters. The van der Waals surface area contributed by atoms with Crippen LogP contribution in [0.25, 0.3) is 0 Å². The fourth-order valence-electron chi connectivity index (χ4n) is 2.30. The highest BCUT2D eigenvalue weighted by atomic mass is 32.2. The second-order valence-corrected chi connectivity index (χ2v) is 7.23. The normalized spacial score (nSPS) is 16.0. The van der Waals surface area contributed by atoms with Crippen molar-refractivity contribution in [2.45, 2.75) is 4.90 Å². The molecule has 0 aliphatic carbocycles. The molecule has 0 radical (unpaired) electrons.